The standard InChI is InChI=1S/C11H14BrClN2O2S2/c1-2-5-15(7-11(14)18)19(16,17)10-4-3-8(12)6-9(10)13/h3-4,6H,2,5,7H2,1H3,(H2,14,18). The summed E-state index contributed by atoms with van der Waals surface area (Å²) in [5.74, 6) is 0. The van der Waals surface area contributed by atoms with Gasteiger partial charge in [0.1, 0.15) is 4.90 Å². The van der Waals surface area contributed by atoms with Gasteiger partial charge in [-0.15, -0.1) is 0 Å². The Labute approximate surface area is 132 Å². The molecule has 0 amide bonds. The van der Waals surface area contributed by atoms with Gasteiger partial charge in [0.25, 0.3) is 0 Å². The summed E-state index contributed by atoms with van der Waals surface area (Å²) in [7, 11) is -3.69. The van der Waals surface area contributed by atoms with E-state index in [0.717, 1.165) is 0 Å². The lowest BCUT2D eigenvalue weighted by molar-refractivity contribution is 0.449. The highest BCUT2D eigenvalue weighted by Crippen LogP contribution is 2.27. The van der Waals surface area contributed by atoms with Crippen molar-refractivity contribution < 1.29 is 8.42 Å². The molecule has 0 aromatic heterocycles. The monoisotopic (exact) mass is 384 g/mol. The van der Waals surface area contributed by atoms with Gasteiger partial charge < -0.3 is 5.73 Å². The summed E-state index contributed by atoms with van der Waals surface area (Å²) < 4.78 is 27.0. The second-order valence-electron chi connectivity index (χ2n) is 3.88. The Kier molecular flexibility index (Phi) is 6.19. The lowest BCUT2D eigenvalue weighted by Gasteiger charge is -2.21. The first kappa shape index (κ1) is 16.8. The number of nitrogens with two attached hydrogens (primary N) is 1. The molecule has 8 heteroatoms. The summed E-state index contributed by atoms with van der Waals surface area (Å²) in [6, 6.07) is 4.63. The van der Waals surface area contributed by atoms with Crippen LogP contribution in [0.15, 0.2) is 27.6 Å². The maximum atomic E-state index is 12.5. The molecule has 0 saturated heterocycles. The molecule has 0 bridgehead atoms. The van der Waals surface area contributed by atoms with Crippen molar-refractivity contribution in [2.45, 2.75) is 18.2 Å². The minimum absolute atomic E-state index is 0.0118. The van der Waals surface area contributed by atoms with Gasteiger partial charge in [0.2, 0.25) is 10.0 Å². The molecule has 0 heterocycles. The molecule has 0 spiro atoms. The van der Waals surface area contributed by atoms with E-state index in [4.69, 9.17) is 29.6 Å². The molecular weight excluding hydrogens is 372 g/mol. The predicted molar refractivity (Wildman–Crippen MR) is 85.0 cm³/mol. The number of nitrogens with zero attached hydrogens (tertiary/aromatic N) is 1. The molecule has 0 radical (unpaired) electrons. The van der Waals surface area contributed by atoms with Gasteiger partial charge in [0, 0.05) is 11.0 Å². The summed E-state index contributed by atoms with van der Waals surface area (Å²) in [6.45, 7) is 2.23. The maximum Gasteiger partial charge on any atom is 0.244 e. The zero-order chi connectivity index (χ0) is 14.6. The molecule has 0 aliphatic rings. The van der Waals surface area contributed by atoms with E-state index in [1.165, 1.54) is 10.4 Å². The lowest BCUT2D eigenvalue weighted by Crippen LogP contribution is -2.38. The first-order valence-electron chi connectivity index (χ1n) is 5.52. The van der Waals surface area contributed by atoms with Gasteiger partial charge >= 0.3 is 0 Å². The zero-order valence-electron chi connectivity index (χ0n) is 10.3. The van der Waals surface area contributed by atoms with E-state index in [2.05, 4.69) is 15.9 Å². The quantitative estimate of drug-likeness (QED) is 0.765. The fourth-order valence-corrected chi connectivity index (χ4v) is 4.29. The Morgan fingerprint density at radius 1 is 1.53 bits per heavy atom. The molecule has 0 saturated carbocycles. The molecular formula is C11H14BrClN2O2S2. The van der Waals surface area contributed by atoms with Crippen molar-refractivity contribution in [3.8, 4) is 0 Å². The van der Waals surface area contributed by atoms with Crippen LogP contribution in [-0.4, -0.2) is 30.8 Å². The van der Waals surface area contributed by atoms with Crippen molar-refractivity contribution in [3.05, 3.63) is 27.7 Å². The van der Waals surface area contributed by atoms with E-state index in [9.17, 15) is 8.42 Å². The van der Waals surface area contributed by atoms with Crippen LogP contribution in [0.2, 0.25) is 5.02 Å². The third-order valence-electron chi connectivity index (χ3n) is 2.32. The molecule has 0 fully saturated rings. The van der Waals surface area contributed by atoms with Gasteiger partial charge in [-0.3, -0.25) is 0 Å². The zero-order valence-corrected chi connectivity index (χ0v) is 14.2. The molecule has 1 aromatic carbocycles. The summed E-state index contributed by atoms with van der Waals surface area (Å²) in [5.41, 5.74) is 5.45. The van der Waals surface area contributed by atoms with E-state index in [1.54, 1.807) is 12.1 Å². The van der Waals surface area contributed by atoms with Crippen molar-refractivity contribution in [2.75, 3.05) is 13.1 Å². The van der Waals surface area contributed by atoms with E-state index in [1.807, 2.05) is 6.92 Å². The van der Waals surface area contributed by atoms with E-state index < -0.39 is 10.0 Å². The van der Waals surface area contributed by atoms with Gasteiger partial charge in [-0.1, -0.05) is 46.7 Å². The number of thiocarbonyl (C=S) groups is 1. The van der Waals surface area contributed by atoms with Gasteiger partial charge in [0.05, 0.1) is 16.6 Å². The fourth-order valence-electron chi connectivity index (χ4n) is 1.53. The molecule has 1 rings (SSSR count). The van der Waals surface area contributed by atoms with Crippen LogP contribution in [0.5, 0.6) is 0 Å². The van der Waals surface area contributed by atoms with Crippen LogP contribution >= 0.6 is 39.7 Å². The van der Waals surface area contributed by atoms with Crippen LogP contribution in [0.1, 0.15) is 13.3 Å². The molecule has 4 nitrogen and oxygen atoms in total. The Morgan fingerprint density at radius 2 is 2.16 bits per heavy atom. The summed E-state index contributed by atoms with van der Waals surface area (Å²) >= 11 is 14.0. The van der Waals surface area contributed by atoms with E-state index in [0.29, 0.717) is 17.4 Å². The highest BCUT2D eigenvalue weighted by molar-refractivity contribution is 9.10. The third kappa shape index (κ3) is 4.39. The van der Waals surface area contributed by atoms with Crippen molar-refractivity contribution in [2.24, 2.45) is 5.73 Å². The molecule has 106 valence electrons. The first-order chi connectivity index (χ1) is 8.78. The topological polar surface area (TPSA) is 63.4 Å². The molecule has 1 aromatic rings. The van der Waals surface area contributed by atoms with Crippen molar-refractivity contribution in [1.82, 2.24) is 4.31 Å². The molecule has 0 aliphatic carbocycles. The van der Waals surface area contributed by atoms with Gasteiger partial charge in [-0.2, -0.15) is 4.31 Å². The predicted octanol–water partition coefficient (Wildman–Crippen LogP) is 2.79. The van der Waals surface area contributed by atoms with Crippen molar-refractivity contribution >= 4 is 54.8 Å². The fraction of sp³-hybridized carbons (Fsp3) is 0.364. The SMILES string of the molecule is CCCN(CC(N)=S)S(=O)(=O)c1ccc(Br)cc1Cl. The summed E-state index contributed by atoms with van der Waals surface area (Å²) in [4.78, 5) is 0.187. The minimum atomic E-state index is -3.69. The average Bonchev–Trinajstić information content (AvgIpc) is 2.27. The second kappa shape index (κ2) is 6.99. The molecule has 0 aliphatic heterocycles. The van der Waals surface area contributed by atoms with Crippen LogP contribution in [-0.2, 0) is 10.0 Å². The number of benzene rings is 1. The third-order valence-corrected chi connectivity index (χ3v) is 5.27. The van der Waals surface area contributed by atoms with E-state index in [-0.39, 0.29) is 21.5 Å². The van der Waals surface area contributed by atoms with Gasteiger partial charge in [-0.25, -0.2) is 8.42 Å². The first-order valence-corrected chi connectivity index (χ1v) is 8.54. The smallest absolute Gasteiger partial charge is 0.244 e. The van der Waals surface area contributed by atoms with Crippen LogP contribution in [0.4, 0.5) is 0 Å². The highest BCUT2D eigenvalue weighted by atomic mass is 79.9. The number of sulfonamides is 1. The van der Waals surface area contributed by atoms with Crippen molar-refractivity contribution in [1.29, 1.82) is 0 Å². The number of hydrogen-bond acceptors (Lipinski definition) is 3. The second-order valence-corrected chi connectivity index (χ2v) is 7.63. The lowest BCUT2D eigenvalue weighted by atomic mass is 10.4. The number of halogens is 2. The van der Waals surface area contributed by atoms with Gasteiger partial charge in [-0.05, 0) is 24.6 Å². The normalized spacial score (nSPS) is 11.8. The number of hydrogen-bond donors (Lipinski definition) is 1. The van der Waals surface area contributed by atoms with Crippen LogP contribution < -0.4 is 5.73 Å². The van der Waals surface area contributed by atoms with Crippen LogP contribution in [0.25, 0.3) is 0 Å². The number of rotatable bonds is 6. The Morgan fingerprint density at radius 3 is 2.63 bits per heavy atom. The van der Waals surface area contributed by atoms with Gasteiger partial charge in [0.15, 0.2) is 0 Å². The Balaban J connectivity index is 3.22. The van der Waals surface area contributed by atoms with E-state index >= 15 is 0 Å². The van der Waals surface area contributed by atoms with Crippen LogP contribution in [0, 0.1) is 0 Å². The molecule has 19 heavy (non-hydrogen) atoms. The summed E-state index contributed by atoms with van der Waals surface area (Å²) in [5, 5.41) is 0.165. The Bertz CT molecular complexity index is 578. The Hall–Kier alpha value is -0.210. The minimum Gasteiger partial charge on any atom is -0.392 e. The summed E-state index contributed by atoms with van der Waals surface area (Å²) in [6.07, 6.45) is 0.663. The molecule has 0 atom stereocenters. The highest BCUT2D eigenvalue weighted by Gasteiger charge is 2.26. The van der Waals surface area contributed by atoms with Crippen molar-refractivity contribution in [3.63, 3.8) is 0 Å². The molecule has 2 N–H and O–H groups in total. The largest absolute Gasteiger partial charge is 0.392 e. The maximum absolute atomic E-state index is 12.5. The van der Waals surface area contributed by atoms with Crippen LogP contribution in [0.3, 0.4) is 0 Å². The average molecular weight is 386 g/mol. The molecule has 0 unspecified atom stereocenters.